The Morgan fingerprint density at radius 2 is 2.26 bits per heavy atom. The molecule has 6 nitrogen and oxygen atoms in total. The van der Waals surface area contributed by atoms with Gasteiger partial charge < -0.3 is 15.1 Å². The van der Waals surface area contributed by atoms with E-state index in [0.717, 1.165) is 12.4 Å². The number of aromatic nitrogens is 2. The molecule has 1 aliphatic rings. The molecule has 1 saturated heterocycles. The molecule has 0 saturated carbocycles. The molecule has 1 aromatic rings. The van der Waals surface area contributed by atoms with Crippen molar-refractivity contribution in [1.29, 1.82) is 0 Å². The second kappa shape index (κ2) is 6.16. The maximum atomic E-state index is 5.48. The molecular formula is C13H23N5O. The normalized spacial score (nSPS) is 22.8. The largest absolute Gasteiger partial charge is 0.374 e. The molecule has 2 rings (SSSR count). The first-order chi connectivity index (χ1) is 9.13. The van der Waals surface area contributed by atoms with Crippen molar-refractivity contribution < 1.29 is 4.74 Å². The average molecular weight is 265 g/mol. The molecule has 1 aliphatic heterocycles. The van der Waals surface area contributed by atoms with E-state index in [1.54, 1.807) is 0 Å². The van der Waals surface area contributed by atoms with Gasteiger partial charge in [0, 0.05) is 25.3 Å². The molecule has 2 unspecified atom stereocenters. The third kappa shape index (κ3) is 3.33. The molecule has 0 bridgehead atoms. The second-order valence-electron chi connectivity index (χ2n) is 5.15. The van der Waals surface area contributed by atoms with Gasteiger partial charge >= 0.3 is 0 Å². The summed E-state index contributed by atoms with van der Waals surface area (Å²) in [4.78, 5) is 11.2. The fraction of sp³-hybridized carbons (Fsp3) is 0.692. The smallest absolute Gasteiger partial charge is 0.158 e. The topological polar surface area (TPSA) is 76.3 Å². The number of nitrogen functional groups attached to an aromatic ring is 1. The molecule has 6 heteroatoms. The number of rotatable bonds is 5. The van der Waals surface area contributed by atoms with Crippen LogP contribution < -0.4 is 16.2 Å². The van der Waals surface area contributed by atoms with Crippen molar-refractivity contribution in [3.05, 3.63) is 11.9 Å². The van der Waals surface area contributed by atoms with Crippen LogP contribution in [0.25, 0.3) is 0 Å². The molecule has 0 spiro atoms. The zero-order valence-electron chi connectivity index (χ0n) is 11.9. The van der Waals surface area contributed by atoms with E-state index in [9.17, 15) is 0 Å². The van der Waals surface area contributed by atoms with Gasteiger partial charge in [-0.1, -0.05) is 6.92 Å². The Balaban J connectivity index is 2.23. The standard InChI is InChI=1S/C13H23N5O/c1-4-19-8-12-15-11(17-14)6-13(16-12)18-7-9(2)5-10(18)3/h6,9-10H,4-5,7-8,14H2,1-3H3,(H,15,16,17). The van der Waals surface area contributed by atoms with Crippen LogP contribution in [-0.2, 0) is 11.3 Å². The summed E-state index contributed by atoms with van der Waals surface area (Å²) >= 11 is 0. The number of hydrogen-bond donors (Lipinski definition) is 2. The van der Waals surface area contributed by atoms with Crippen LogP contribution in [0.4, 0.5) is 11.6 Å². The van der Waals surface area contributed by atoms with Gasteiger partial charge in [0.05, 0.1) is 0 Å². The van der Waals surface area contributed by atoms with Crippen LogP contribution >= 0.6 is 0 Å². The van der Waals surface area contributed by atoms with Crippen molar-refractivity contribution >= 4 is 11.6 Å². The van der Waals surface area contributed by atoms with E-state index in [4.69, 9.17) is 10.6 Å². The van der Waals surface area contributed by atoms with E-state index in [0.29, 0.717) is 36.8 Å². The second-order valence-corrected chi connectivity index (χ2v) is 5.15. The average Bonchev–Trinajstić information content (AvgIpc) is 2.75. The molecule has 19 heavy (non-hydrogen) atoms. The lowest BCUT2D eigenvalue weighted by Gasteiger charge is -2.23. The van der Waals surface area contributed by atoms with Crippen molar-refractivity contribution in [3.63, 3.8) is 0 Å². The van der Waals surface area contributed by atoms with Crippen LogP contribution in [0.5, 0.6) is 0 Å². The van der Waals surface area contributed by atoms with Crippen LogP contribution in [-0.4, -0.2) is 29.2 Å². The number of anilines is 2. The molecule has 0 radical (unpaired) electrons. The fourth-order valence-corrected chi connectivity index (χ4v) is 2.58. The molecular weight excluding hydrogens is 242 g/mol. The number of hydrazine groups is 1. The van der Waals surface area contributed by atoms with E-state index in [1.807, 2.05) is 13.0 Å². The summed E-state index contributed by atoms with van der Waals surface area (Å²) < 4.78 is 5.37. The summed E-state index contributed by atoms with van der Waals surface area (Å²) in [5.74, 6) is 8.39. The lowest BCUT2D eigenvalue weighted by Crippen LogP contribution is -2.28. The van der Waals surface area contributed by atoms with Crippen molar-refractivity contribution in [2.24, 2.45) is 11.8 Å². The van der Waals surface area contributed by atoms with Gasteiger partial charge in [0.25, 0.3) is 0 Å². The van der Waals surface area contributed by atoms with Crippen LogP contribution in [0.3, 0.4) is 0 Å². The number of hydrogen-bond acceptors (Lipinski definition) is 6. The first-order valence-corrected chi connectivity index (χ1v) is 6.83. The Labute approximate surface area is 114 Å². The molecule has 0 aromatic carbocycles. The molecule has 2 heterocycles. The van der Waals surface area contributed by atoms with Crippen molar-refractivity contribution in [3.8, 4) is 0 Å². The predicted octanol–water partition coefficient (Wildman–Crippen LogP) is 1.53. The van der Waals surface area contributed by atoms with Gasteiger partial charge in [0.2, 0.25) is 0 Å². The molecule has 0 aliphatic carbocycles. The number of nitrogens with one attached hydrogen (secondary N) is 1. The lowest BCUT2D eigenvalue weighted by molar-refractivity contribution is 0.128. The highest BCUT2D eigenvalue weighted by Crippen LogP contribution is 2.28. The van der Waals surface area contributed by atoms with Gasteiger partial charge in [-0.2, -0.15) is 0 Å². The van der Waals surface area contributed by atoms with E-state index < -0.39 is 0 Å². The Bertz CT molecular complexity index is 425. The molecule has 0 amide bonds. The van der Waals surface area contributed by atoms with Crippen molar-refractivity contribution in [2.45, 2.75) is 39.8 Å². The third-order valence-corrected chi connectivity index (χ3v) is 3.42. The van der Waals surface area contributed by atoms with Gasteiger partial charge in [-0.25, -0.2) is 15.8 Å². The summed E-state index contributed by atoms with van der Waals surface area (Å²) in [6.07, 6.45) is 1.19. The minimum absolute atomic E-state index is 0.413. The summed E-state index contributed by atoms with van der Waals surface area (Å²) in [6, 6.07) is 2.39. The predicted molar refractivity (Wildman–Crippen MR) is 75.8 cm³/mol. The van der Waals surface area contributed by atoms with Crippen LogP contribution in [0.1, 0.15) is 33.0 Å². The molecule has 106 valence electrons. The molecule has 2 atom stereocenters. The first kappa shape index (κ1) is 14.0. The molecule has 1 fully saturated rings. The monoisotopic (exact) mass is 265 g/mol. The van der Waals surface area contributed by atoms with Gasteiger partial charge in [-0.3, -0.25) is 0 Å². The summed E-state index contributed by atoms with van der Waals surface area (Å²) in [5.41, 5.74) is 2.60. The summed E-state index contributed by atoms with van der Waals surface area (Å²) in [6.45, 7) is 8.53. The minimum Gasteiger partial charge on any atom is -0.374 e. The van der Waals surface area contributed by atoms with Crippen molar-refractivity contribution in [2.75, 3.05) is 23.5 Å². The Morgan fingerprint density at radius 1 is 1.47 bits per heavy atom. The highest BCUT2D eigenvalue weighted by Gasteiger charge is 2.27. The zero-order chi connectivity index (χ0) is 13.8. The van der Waals surface area contributed by atoms with Gasteiger partial charge in [0.1, 0.15) is 18.2 Å². The number of ether oxygens (including phenoxy) is 1. The van der Waals surface area contributed by atoms with Crippen molar-refractivity contribution in [1.82, 2.24) is 9.97 Å². The van der Waals surface area contributed by atoms with E-state index in [-0.39, 0.29) is 0 Å². The van der Waals surface area contributed by atoms with Crippen LogP contribution in [0, 0.1) is 5.92 Å². The third-order valence-electron chi connectivity index (χ3n) is 3.42. The Kier molecular flexibility index (Phi) is 4.55. The van der Waals surface area contributed by atoms with Crippen LogP contribution in [0.15, 0.2) is 6.07 Å². The lowest BCUT2D eigenvalue weighted by atomic mass is 10.1. The first-order valence-electron chi connectivity index (χ1n) is 6.83. The quantitative estimate of drug-likeness (QED) is 0.621. The highest BCUT2D eigenvalue weighted by atomic mass is 16.5. The highest BCUT2D eigenvalue weighted by molar-refractivity contribution is 5.50. The zero-order valence-corrected chi connectivity index (χ0v) is 11.9. The van der Waals surface area contributed by atoms with Crippen LogP contribution in [0.2, 0.25) is 0 Å². The SMILES string of the molecule is CCOCc1nc(NN)cc(N2CC(C)CC2C)n1. The maximum Gasteiger partial charge on any atom is 0.158 e. The fourth-order valence-electron chi connectivity index (χ4n) is 2.58. The maximum absolute atomic E-state index is 5.48. The molecule has 1 aromatic heterocycles. The van der Waals surface area contributed by atoms with Gasteiger partial charge in [-0.15, -0.1) is 0 Å². The Morgan fingerprint density at radius 3 is 2.84 bits per heavy atom. The number of nitrogens with two attached hydrogens (primary N) is 1. The summed E-state index contributed by atoms with van der Waals surface area (Å²) in [7, 11) is 0. The van der Waals surface area contributed by atoms with Gasteiger partial charge in [0.15, 0.2) is 5.82 Å². The van der Waals surface area contributed by atoms with E-state index >= 15 is 0 Å². The minimum atomic E-state index is 0.413. The number of nitrogens with zero attached hydrogens (tertiary/aromatic N) is 3. The van der Waals surface area contributed by atoms with E-state index in [2.05, 4.69) is 34.1 Å². The Hall–Kier alpha value is -1.40. The van der Waals surface area contributed by atoms with E-state index in [1.165, 1.54) is 6.42 Å². The van der Waals surface area contributed by atoms with Gasteiger partial charge in [-0.05, 0) is 26.2 Å². The molecule has 3 N–H and O–H groups in total. The summed E-state index contributed by atoms with van der Waals surface area (Å²) in [5, 5.41) is 0.